The van der Waals surface area contributed by atoms with Gasteiger partial charge in [0.1, 0.15) is 0 Å². The average molecular weight is 276 g/mol. The molecule has 0 unspecified atom stereocenters. The van der Waals surface area contributed by atoms with Crippen LogP contribution >= 0.6 is 24.4 Å². The number of thiocarbonyl (C=S) groups is 2. The van der Waals surface area contributed by atoms with Crippen LogP contribution < -0.4 is 0 Å². The van der Waals surface area contributed by atoms with Crippen molar-refractivity contribution in [3.05, 3.63) is 0 Å². The molecule has 0 aliphatic carbocycles. The molecule has 0 rings (SSSR count). The molecule has 0 atom stereocenters. The van der Waals surface area contributed by atoms with E-state index in [-0.39, 0.29) is 19.5 Å². The standard InChI is InChI=1S/2C3H6S2.Zn/c2*1-2-3(4)5;/h2*2H2,1H3,(H,4,5);/q;;+2/p-2. The number of hydrogen-bond acceptors (Lipinski definition) is 4. The normalized spacial score (nSPS) is 6.73. The van der Waals surface area contributed by atoms with Gasteiger partial charge >= 0.3 is 19.5 Å². The quantitative estimate of drug-likeness (QED) is 0.431. The predicted octanol–water partition coefficient (Wildman–Crippen LogP) is 2.54. The van der Waals surface area contributed by atoms with Crippen LogP contribution in [0.4, 0.5) is 0 Å². The molecule has 0 aromatic carbocycles. The van der Waals surface area contributed by atoms with Crippen LogP contribution in [0, 0.1) is 0 Å². The Morgan fingerprint density at radius 2 is 1.09 bits per heavy atom. The topological polar surface area (TPSA) is 0 Å². The van der Waals surface area contributed by atoms with E-state index in [1.54, 1.807) is 0 Å². The molecule has 0 aliphatic rings. The second-order valence-electron chi connectivity index (χ2n) is 1.45. The molecule has 0 nitrogen and oxygen atoms in total. The molecule has 0 saturated carbocycles. The zero-order valence-corrected chi connectivity index (χ0v) is 13.0. The molecule has 0 heterocycles. The van der Waals surface area contributed by atoms with Crippen molar-refractivity contribution in [1.29, 1.82) is 0 Å². The summed E-state index contributed by atoms with van der Waals surface area (Å²) in [5, 5.41) is 0. The number of hydrogen-bond donors (Lipinski definition) is 0. The Kier molecular flexibility index (Phi) is 22.7. The van der Waals surface area contributed by atoms with Gasteiger partial charge in [0, 0.05) is 0 Å². The third-order valence-corrected chi connectivity index (χ3v) is 1.73. The average Bonchev–Trinajstić information content (AvgIpc) is 1.89. The van der Waals surface area contributed by atoms with Crippen LogP contribution in [-0.2, 0) is 44.7 Å². The van der Waals surface area contributed by atoms with Crippen molar-refractivity contribution < 1.29 is 19.5 Å². The maximum Gasteiger partial charge on any atom is 2.00 e. The van der Waals surface area contributed by atoms with Gasteiger partial charge in [-0.25, -0.2) is 0 Å². The second kappa shape index (κ2) is 13.8. The SMILES string of the molecule is CCC(=S)[S-].CCC(=S)[S-].[Zn+2]. The van der Waals surface area contributed by atoms with E-state index in [1.807, 2.05) is 13.8 Å². The maximum atomic E-state index is 4.51. The third kappa shape index (κ3) is 34.9. The van der Waals surface area contributed by atoms with Gasteiger partial charge in [0.15, 0.2) is 0 Å². The van der Waals surface area contributed by atoms with Crippen molar-refractivity contribution in [3.8, 4) is 0 Å². The van der Waals surface area contributed by atoms with Gasteiger partial charge in [0.25, 0.3) is 0 Å². The second-order valence-corrected chi connectivity index (χ2v) is 3.94. The van der Waals surface area contributed by atoms with Gasteiger partial charge < -0.3 is 49.7 Å². The van der Waals surface area contributed by atoms with Crippen molar-refractivity contribution >= 4 is 58.1 Å². The van der Waals surface area contributed by atoms with Crippen molar-refractivity contribution in [3.63, 3.8) is 0 Å². The molecule has 0 saturated heterocycles. The predicted molar refractivity (Wildman–Crippen MR) is 60.5 cm³/mol. The van der Waals surface area contributed by atoms with Gasteiger partial charge in [-0.1, -0.05) is 13.8 Å². The first-order valence-electron chi connectivity index (χ1n) is 2.94. The molecule has 0 amide bonds. The van der Waals surface area contributed by atoms with Crippen LogP contribution in [0.15, 0.2) is 0 Å². The van der Waals surface area contributed by atoms with E-state index >= 15 is 0 Å². The van der Waals surface area contributed by atoms with Crippen LogP contribution in [0.1, 0.15) is 26.7 Å². The minimum atomic E-state index is 0. The Labute approximate surface area is 103 Å². The largest absolute Gasteiger partial charge is 2.00 e. The van der Waals surface area contributed by atoms with Crippen molar-refractivity contribution in [2.24, 2.45) is 0 Å². The van der Waals surface area contributed by atoms with Gasteiger partial charge in [0.2, 0.25) is 0 Å². The van der Waals surface area contributed by atoms with Gasteiger partial charge in [-0.3, -0.25) is 0 Å². The van der Waals surface area contributed by atoms with Crippen LogP contribution in [0.5, 0.6) is 0 Å². The van der Waals surface area contributed by atoms with Crippen LogP contribution in [0.25, 0.3) is 0 Å². The zero-order chi connectivity index (χ0) is 8.57. The Morgan fingerprint density at radius 1 is 1.00 bits per heavy atom. The van der Waals surface area contributed by atoms with E-state index in [0.717, 1.165) is 12.8 Å². The zero-order valence-electron chi connectivity index (χ0n) is 6.75. The fourth-order valence-corrected chi connectivity index (χ4v) is 0. The van der Waals surface area contributed by atoms with Gasteiger partial charge in [-0.05, 0) is 12.8 Å². The third-order valence-electron chi connectivity index (χ3n) is 0.577. The molecule has 0 fully saturated rings. The monoisotopic (exact) mass is 274 g/mol. The molecular weight excluding hydrogens is 266 g/mol. The summed E-state index contributed by atoms with van der Waals surface area (Å²) in [5.74, 6) is 0. The molecule has 0 aromatic heterocycles. The van der Waals surface area contributed by atoms with E-state index in [1.165, 1.54) is 0 Å². The van der Waals surface area contributed by atoms with Gasteiger partial charge in [-0.15, -0.1) is 0 Å². The first-order valence-corrected chi connectivity index (χ1v) is 4.57. The molecule has 0 aliphatic heterocycles. The molecule has 0 radical (unpaired) electrons. The summed E-state index contributed by atoms with van der Waals surface area (Å²) >= 11 is 18.0. The molecule has 0 spiro atoms. The van der Waals surface area contributed by atoms with Gasteiger partial charge in [-0.2, -0.15) is 8.39 Å². The summed E-state index contributed by atoms with van der Waals surface area (Å²) in [6.07, 6.45) is 1.70. The van der Waals surface area contributed by atoms with E-state index in [2.05, 4.69) is 49.7 Å². The molecule has 0 aromatic rings. The first kappa shape index (κ1) is 18.1. The van der Waals surface area contributed by atoms with Crippen LogP contribution in [0.3, 0.4) is 0 Å². The minimum Gasteiger partial charge on any atom is -0.433 e. The summed E-state index contributed by atoms with van der Waals surface area (Å²) in [6.45, 7) is 3.91. The van der Waals surface area contributed by atoms with Crippen LogP contribution in [-0.4, -0.2) is 8.39 Å². The summed E-state index contributed by atoms with van der Waals surface area (Å²) in [6, 6.07) is 0. The van der Waals surface area contributed by atoms with E-state index < -0.39 is 0 Å². The van der Waals surface area contributed by atoms with E-state index in [4.69, 9.17) is 0 Å². The minimum absolute atomic E-state index is 0. The summed E-state index contributed by atoms with van der Waals surface area (Å²) in [5.41, 5.74) is 0. The van der Waals surface area contributed by atoms with Crippen molar-refractivity contribution in [1.82, 2.24) is 0 Å². The van der Waals surface area contributed by atoms with Crippen LogP contribution in [0.2, 0.25) is 0 Å². The van der Waals surface area contributed by atoms with Gasteiger partial charge in [0.05, 0.1) is 0 Å². The Balaban J connectivity index is -0.000000107. The fraction of sp³-hybridized carbons (Fsp3) is 0.667. The van der Waals surface area contributed by atoms with E-state index in [0.29, 0.717) is 8.39 Å². The van der Waals surface area contributed by atoms with Crippen molar-refractivity contribution in [2.45, 2.75) is 26.7 Å². The Hall–Kier alpha value is 1.24. The smallest absolute Gasteiger partial charge is 0.433 e. The summed E-state index contributed by atoms with van der Waals surface area (Å²) < 4.78 is 1.34. The fourth-order valence-electron chi connectivity index (χ4n) is 0. The number of rotatable bonds is 2. The maximum absolute atomic E-state index is 4.51. The first-order chi connectivity index (χ1) is 4.54. The Bertz CT molecular complexity index is 99.1. The molecule has 60 valence electrons. The van der Waals surface area contributed by atoms with E-state index in [9.17, 15) is 0 Å². The molecule has 0 bridgehead atoms. The summed E-state index contributed by atoms with van der Waals surface area (Å²) in [7, 11) is 0. The molecule has 0 N–H and O–H groups in total. The Morgan fingerprint density at radius 3 is 1.09 bits per heavy atom. The van der Waals surface area contributed by atoms with Crippen molar-refractivity contribution in [2.75, 3.05) is 0 Å². The molecule has 11 heavy (non-hydrogen) atoms. The summed E-state index contributed by atoms with van der Waals surface area (Å²) in [4.78, 5) is 0. The molecular formula is C6H10S4Zn. The molecule has 5 heteroatoms.